The number of sulfonamides is 1. The lowest BCUT2D eigenvalue weighted by Gasteiger charge is -2.21. The maximum atomic E-state index is 12.9. The van der Waals surface area contributed by atoms with Crippen LogP contribution in [0.15, 0.2) is 72.8 Å². The molecule has 0 bridgehead atoms. The number of fused-ring (bicyclic) bond motifs is 2. The summed E-state index contributed by atoms with van der Waals surface area (Å²) >= 11 is 0. The summed E-state index contributed by atoms with van der Waals surface area (Å²) < 4.78 is 25.9. The third kappa shape index (κ3) is 6.02. The number of carbonyl (C=O) groups is 1. The molecule has 0 aliphatic rings. The molecule has 4 aromatic rings. The van der Waals surface area contributed by atoms with E-state index in [1.165, 1.54) is 12.8 Å². The molecule has 1 amide bonds. The van der Waals surface area contributed by atoms with Gasteiger partial charge in [-0.1, -0.05) is 75.4 Å². The Morgan fingerprint density at radius 1 is 0.806 bits per heavy atom. The molecule has 4 rings (SSSR count). The van der Waals surface area contributed by atoms with E-state index in [4.69, 9.17) is 4.98 Å². The first-order valence-electron chi connectivity index (χ1n) is 12.6. The Morgan fingerprint density at radius 3 is 1.94 bits per heavy atom. The van der Waals surface area contributed by atoms with Gasteiger partial charge in [-0.15, -0.1) is 0 Å². The van der Waals surface area contributed by atoms with Gasteiger partial charge in [-0.25, -0.2) is 17.7 Å². The topological polar surface area (TPSA) is 79.4 Å². The van der Waals surface area contributed by atoms with Crippen molar-refractivity contribution < 1.29 is 13.2 Å². The van der Waals surface area contributed by atoms with Gasteiger partial charge in [0.1, 0.15) is 0 Å². The zero-order chi connectivity index (χ0) is 25.5. The third-order valence-corrected chi connectivity index (χ3v) is 7.34. The Bertz CT molecular complexity index is 1400. The van der Waals surface area contributed by atoms with E-state index in [9.17, 15) is 13.2 Å². The van der Waals surface area contributed by atoms with Crippen molar-refractivity contribution in [2.75, 3.05) is 15.9 Å². The second kappa shape index (κ2) is 11.5. The van der Waals surface area contributed by atoms with Gasteiger partial charge in [-0.2, -0.15) is 0 Å². The highest BCUT2D eigenvalue weighted by Gasteiger charge is 2.24. The maximum absolute atomic E-state index is 12.9. The second-order valence-electron chi connectivity index (χ2n) is 9.13. The first-order chi connectivity index (χ1) is 17.4. The van der Waals surface area contributed by atoms with E-state index in [1.54, 1.807) is 24.3 Å². The second-order valence-corrected chi connectivity index (χ2v) is 11.0. The molecule has 0 atom stereocenters. The van der Waals surface area contributed by atoms with E-state index >= 15 is 0 Å². The Hall–Kier alpha value is -3.45. The average molecular weight is 504 g/mol. The van der Waals surface area contributed by atoms with Gasteiger partial charge in [-0.3, -0.25) is 4.79 Å². The van der Waals surface area contributed by atoms with Gasteiger partial charge in [-0.05, 0) is 42.8 Å². The highest BCUT2D eigenvalue weighted by molar-refractivity contribution is 7.92. The van der Waals surface area contributed by atoms with Crippen LogP contribution >= 0.6 is 0 Å². The quantitative estimate of drug-likeness (QED) is 0.173. The van der Waals surface area contributed by atoms with Crippen molar-refractivity contribution in [3.63, 3.8) is 0 Å². The Labute approximate surface area is 213 Å². The number of nitrogens with zero attached hydrogens (tertiary/aromatic N) is 2. The van der Waals surface area contributed by atoms with Crippen molar-refractivity contribution in [1.29, 1.82) is 0 Å². The van der Waals surface area contributed by atoms with E-state index in [-0.39, 0.29) is 12.3 Å². The van der Waals surface area contributed by atoms with Gasteiger partial charge in [0.2, 0.25) is 15.9 Å². The molecular weight excluding hydrogens is 470 g/mol. The van der Waals surface area contributed by atoms with Crippen molar-refractivity contribution in [1.82, 2.24) is 4.98 Å². The number of amides is 1. The SMILES string of the molecule is CCCCCCCCC(=O)N(c1ccc(Nc2c3ccccc3nc3ccccc23)cc1)S(C)(=O)=O. The predicted octanol–water partition coefficient (Wildman–Crippen LogP) is 7.17. The van der Waals surface area contributed by atoms with Crippen LogP contribution in [0.5, 0.6) is 0 Å². The monoisotopic (exact) mass is 503 g/mol. The predicted molar refractivity (Wildman–Crippen MR) is 149 cm³/mol. The molecule has 0 saturated heterocycles. The van der Waals surface area contributed by atoms with Crippen LogP contribution in [0.1, 0.15) is 51.9 Å². The van der Waals surface area contributed by atoms with Gasteiger partial charge >= 0.3 is 0 Å². The largest absolute Gasteiger partial charge is 0.354 e. The summed E-state index contributed by atoms with van der Waals surface area (Å²) in [6.45, 7) is 2.16. The Morgan fingerprint density at radius 2 is 1.36 bits per heavy atom. The molecule has 7 heteroatoms. The number of rotatable bonds is 11. The summed E-state index contributed by atoms with van der Waals surface area (Å²) in [5.41, 5.74) is 3.85. The maximum Gasteiger partial charge on any atom is 0.240 e. The van der Waals surface area contributed by atoms with Crippen LogP contribution in [0.25, 0.3) is 21.8 Å². The number of hydrogen-bond acceptors (Lipinski definition) is 5. The first-order valence-corrected chi connectivity index (χ1v) is 14.4. The van der Waals surface area contributed by atoms with Crippen molar-refractivity contribution in [2.24, 2.45) is 0 Å². The summed E-state index contributed by atoms with van der Waals surface area (Å²) in [7, 11) is -3.74. The van der Waals surface area contributed by atoms with E-state index in [2.05, 4.69) is 12.2 Å². The molecule has 6 nitrogen and oxygen atoms in total. The standard InChI is InChI=1S/C29H33N3O3S/c1-3-4-5-6-7-8-17-28(33)32(36(2,34)35)23-20-18-22(19-21-23)30-29-24-13-9-11-15-26(24)31-27-16-12-10-14-25(27)29/h9-16,18-21H,3-8,17H2,1-2H3,(H,30,31). The molecule has 1 aromatic heterocycles. The number of benzene rings is 3. The minimum atomic E-state index is -3.74. The van der Waals surface area contributed by atoms with Crippen molar-refractivity contribution >= 4 is 54.8 Å². The fourth-order valence-corrected chi connectivity index (χ4v) is 5.44. The average Bonchev–Trinajstić information content (AvgIpc) is 2.86. The minimum Gasteiger partial charge on any atom is -0.354 e. The van der Waals surface area contributed by atoms with E-state index in [1.807, 2.05) is 48.5 Å². The molecule has 3 aromatic carbocycles. The molecule has 1 N–H and O–H groups in total. The molecule has 0 radical (unpaired) electrons. The van der Waals surface area contributed by atoms with Crippen LogP contribution in [0.3, 0.4) is 0 Å². The lowest BCUT2D eigenvalue weighted by Crippen LogP contribution is -2.36. The first kappa shape index (κ1) is 25.6. The van der Waals surface area contributed by atoms with Crippen molar-refractivity contribution in [2.45, 2.75) is 51.9 Å². The third-order valence-electron chi connectivity index (χ3n) is 6.26. The van der Waals surface area contributed by atoms with Crippen molar-refractivity contribution in [3.8, 4) is 0 Å². The lowest BCUT2D eigenvalue weighted by molar-refractivity contribution is -0.117. The number of anilines is 3. The number of carbonyl (C=O) groups excluding carboxylic acids is 1. The van der Waals surface area contributed by atoms with E-state index in [0.29, 0.717) is 12.1 Å². The van der Waals surface area contributed by atoms with Gasteiger partial charge in [0.15, 0.2) is 0 Å². The van der Waals surface area contributed by atoms with Crippen LogP contribution in [-0.2, 0) is 14.8 Å². The number of aromatic nitrogens is 1. The van der Waals surface area contributed by atoms with E-state index in [0.717, 1.165) is 63.0 Å². The van der Waals surface area contributed by atoms with Gasteiger partial charge in [0.25, 0.3) is 0 Å². The van der Waals surface area contributed by atoms with Crippen molar-refractivity contribution in [3.05, 3.63) is 72.8 Å². The molecule has 0 unspecified atom stereocenters. The van der Waals surface area contributed by atoms with Crippen LogP contribution < -0.4 is 9.62 Å². The summed E-state index contributed by atoms with van der Waals surface area (Å²) in [6, 6.07) is 22.8. The number of para-hydroxylation sites is 2. The molecule has 0 fully saturated rings. The molecule has 188 valence electrons. The number of hydrogen-bond donors (Lipinski definition) is 1. The summed E-state index contributed by atoms with van der Waals surface area (Å²) in [5, 5.41) is 5.48. The van der Waals surface area contributed by atoms with Gasteiger partial charge in [0.05, 0.1) is 28.7 Å². The normalized spacial score (nSPS) is 11.6. The van der Waals surface area contributed by atoms with Crippen LogP contribution in [0.4, 0.5) is 17.1 Å². The highest BCUT2D eigenvalue weighted by atomic mass is 32.2. The fraction of sp³-hybridized carbons (Fsp3) is 0.310. The Kier molecular flexibility index (Phi) is 8.21. The summed E-state index contributed by atoms with van der Waals surface area (Å²) in [5.74, 6) is -0.389. The molecule has 0 saturated carbocycles. The van der Waals surface area contributed by atoms with Crippen LogP contribution in [0, 0.1) is 0 Å². The zero-order valence-electron chi connectivity index (χ0n) is 20.9. The smallest absolute Gasteiger partial charge is 0.240 e. The number of nitrogens with one attached hydrogen (secondary N) is 1. The van der Waals surface area contributed by atoms with Gasteiger partial charge < -0.3 is 5.32 Å². The zero-order valence-corrected chi connectivity index (χ0v) is 21.7. The Balaban J connectivity index is 1.55. The summed E-state index contributed by atoms with van der Waals surface area (Å²) in [4.78, 5) is 17.6. The number of unbranched alkanes of at least 4 members (excludes halogenated alkanes) is 5. The molecular formula is C29H33N3O3S. The molecule has 0 spiro atoms. The van der Waals surface area contributed by atoms with E-state index < -0.39 is 10.0 Å². The molecule has 36 heavy (non-hydrogen) atoms. The lowest BCUT2D eigenvalue weighted by atomic mass is 10.1. The number of pyridine rings is 1. The molecule has 1 heterocycles. The van der Waals surface area contributed by atoms with Gasteiger partial charge in [0, 0.05) is 22.9 Å². The minimum absolute atomic E-state index is 0.216. The fourth-order valence-electron chi connectivity index (χ4n) is 4.48. The summed E-state index contributed by atoms with van der Waals surface area (Å²) in [6.07, 6.45) is 7.49. The van der Waals surface area contributed by atoms with Crippen LogP contribution in [0.2, 0.25) is 0 Å². The molecule has 0 aliphatic heterocycles. The van der Waals surface area contributed by atoms with Crippen LogP contribution in [-0.4, -0.2) is 25.6 Å². The molecule has 0 aliphatic carbocycles. The highest BCUT2D eigenvalue weighted by Crippen LogP contribution is 2.33.